The minimum absolute atomic E-state index is 0.0230. The van der Waals surface area contributed by atoms with Gasteiger partial charge >= 0.3 is 11.8 Å². The van der Waals surface area contributed by atoms with Crippen molar-refractivity contribution in [3.05, 3.63) is 35.9 Å². The van der Waals surface area contributed by atoms with E-state index in [1.807, 2.05) is 30.3 Å². The van der Waals surface area contributed by atoms with Crippen molar-refractivity contribution in [3.63, 3.8) is 0 Å². The number of nitrogen functional groups attached to an aromatic ring is 1. The third-order valence-electron chi connectivity index (χ3n) is 3.28. The van der Waals surface area contributed by atoms with Crippen LogP contribution in [0, 0.1) is 5.92 Å². The fourth-order valence-corrected chi connectivity index (χ4v) is 2.20. The Morgan fingerprint density at radius 3 is 2.50 bits per heavy atom. The van der Waals surface area contributed by atoms with Crippen molar-refractivity contribution < 1.29 is 14.8 Å². The van der Waals surface area contributed by atoms with Crippen molar-refractivity contribution in [1.82, 2.24) is 0 Å². The topological polar surface area (TPSA) is 66.3 Å². The van der Waals surface area contributed by atoms with E-state index in [9.17, 15) is 4.79 Å². The second-order valence-corrected chi connectivity index (χ2v) is 4.64. The Hall–Kier alpha value is -1.84. The van der Waals surface area contributed by atoms with E-state index in [0.29, 0.717) is 5.84 Å². The summed E-state index contributed by atoms with van der Waals surface area (Å²) >= 11 is 0. The summed E-state index contributed by atoms with van der Waals surface area (Å²) in [6.07, 6.45) is 5.28. The Balaban J connectivity index is 1.91. The van der Waals surface area contributed by atoms with Gasteiger partial charge in [0.1, 0.15) is 0 Å². The minimum Gasteiger partial charge on any atom is -0.284 e. The number of hydrogen-bond acceptors (Lipinski definition) is 2. The zero-order valence-electron chi connectivity index (χ0n) is 10.4. The van der Waals surface area contributed by atoms with Crippen LogP contribution in [0.5, 0.6) is 0 Å². The molecule has 0 amide bonds. The number of carbonyl (C=O) groups excluding carboxylic acids is 1. The molecule has 0 radical (unpaired) electrons. The third kappa shape index (κ3) is 3.32. The van der Waals surface area contributed by atoms with Gasteiger partial charge in [-0.15, -0.1) is 0 Å². The van der Waals surface area contributed by atoms with Gasteiger partial charge in [-0.3, -0.25) is 10.6 Å². The minimum atomic E-state index is -0.200. The third-order valence-corrected chi connectivity index (χ3v) is 3.28. The van der Waals surface area contributed by atoms with Gasteiger partial charge in [0, 0.05) is 0 Å². The van der Waals surface area contributed by atoms with Gasteiger partial charge in [-0.05, 0) is 25.0 Å². The van der Waals surface area contributed by atoms with Gasteiger partial charge in [-0.2, -0.15) is 0 Å². The molecule has 2 rings (SSSR count). The zero-order valence-corrected chi connectivity index (χ0v) is 10.4. The molecule has 0 atom stereocenters. The number of nitrogens with two attached hydrogens (primary N) is 1. The van der Waals surface area contributed by atoms with Crippen molar-refractivity contribution in [2.75, 3.05) is 0 Å². The molecule has 1 aliphatic rings. The van der Waals surface area contributed by atoms with E-state index in [-0.39, 0.29) is 11.9 Å². The number of hydrogen-bond donors (Lipinski definition) is 2. The number of benzene rings is 1. The maximum absolute atomic E-state index is 11.8. The van der Waals surface area contributed by atoms with E-state index in [4.69, 9.17) is 10.6 Å². The monoisotopic (exact) mass is 247 g/mol. The molecule has 1 aliphatic carbocycles. The molecule has 1 saturated carbocycles. The molecule has 0 aliphatic heterocycles. The maximum atomic E-state index is 11.8. The first kappa shape index (κ1) is 12.6. The molecule has 0 heterocycles. The van der Waals surface area contributed by atoms with E-state index in [2.05, 4.69) is 5.16 Å². The van der Waals surface area contributed by atoms with E-state index >= 15 is 0 Å². The quantitative estimate of drug-likeness (QED) is 0.354. The first-order chi connectivity index (χ1) is 8.77. The molecule has 1 fully saturated rings. The first-order valence-electron chi connectivity index (χ1n) is 6.42. The number of amidine groups is 1. The molecular weight excluding hydrogens is 228 g/mol. The highest BCUT2D eigenvalue weighted by Crippen LogP contribution is 2.23. The summed E-state index contributed by atoms with van der Waals surface area (Å²) in [5, 5.41) is 2.54. The predicted octanol–water partition coefficient (Wildman–Crippen LogP) is 0.511. The highest BCUT2D eigenvalue weighted by Gasteiger charge is 2.23. The van der Waals surface area contributed by atoms with Gasteiger partial charge in [-0.1, -0.05) is 42.6 Å². The molecule has 18 heavy (non-hydrogen) atoms. The summed E-state index contributed by atoms with van der Waals surface area (Å²) in [7, 11) is 0. The average Bonchev–Trinajstić information content (AvgIpc) is 2.46. The highest BCUT2D eigenvalue weighted by molar-refractivity contribution is 5.92. The van der Waals surface area contributed by atoms with E-state index in [1.165, 1.54) is 6.42 Å². The van der Waals surface area contributed by atoms with Gasteiger partial charge in [0.05, 0.1) is 11.5 Å². The fraction of sp³-hybridized carbons (Fsp3) is 0.429. The van der Waals surface area contributed by atoms with Crippen LogP contribution < -0.4 is 10.9 Å². The molecule has 0 bridgehead atoms. The molecule has 0 spiro atoms. The van der Waals surface area contributed by atoms with Crippen LogP contribution in [0.4, 0.5) is 0 Å². The van der Waals surface area contributed by atoms with Crippen LogP contribution in [0.25, 0.3) is 0 Å². The summed E-state index contributed by atoms with van der Waals surface area (Å²) in [5.74, 6) is 0.183. The lowest BCUT2D eigenvalue weighted by Crippen LogP contribution is -2.76. The lowest BCUT2D eigenvalue weighted by molar-refractivity contribution is -0.724. The molecule has 1 aromatic carbocycles. The van der Waals surface area contributed by atoms with Crippen LogP contribution in [0.1, 0.15) is 37.7 Å². The van der Waals surface area contributed by atoms with Crippen LogP contribution in [0.15, 0.2) is 30.3 Å². The summed E-state index contributed by atoms with van der Waals surface area (Å²) in [6, 6.07) is 9.39. The van der Waals surface area contributed by atoms with Crippen LogP contribution in [0.2, 0.25) is 0 Å². The van der Waals surface area contributed by atoms with Crippen molar-refractivity contribution in [2.45, 2.75) is 32.1 Å². The number of rotatable bonds is 3. The van der Waals surface area contributed by atoms with Crippen LogP contribution in [-0.2, 0) is 9.63 Å². The maximum Gasteiger partial charge on any atom is 0.360 e. The van der Waals surface area contributed by atoms with Crippen molar-refractivity contribution in [3.8, 4) is 0 Å². The van der Waals surface area contributed by atoms with Crippen molar-refractivity contribution in [2.24, 2.45) is 11.7 Å². The fourth-order valence-electron chi connectivity index (χ4n) is 2.20. The molecule has 4 heteroatoms. The molecule has 0 unspecified atom stereocenters. The summed E-state index contributed by atoms with van der Waals surface area (Å²) < 4.78 is 0. The smallest absolute Gasteiger partial charge is 0.284 e. The molecule has 3 N–H and O–H groups in total. The lowest BCUT2D eigenvalue weighted by Gasteiger charge is -2.17. The van der Waals surface area contributed by atoms with Crippen LogP contribution >= 0.6 is 0 Å². The molecule has 0 saturated heterocycles. The largest absolute Gasteiger partial charge is 0.360 e. The second kappa shape index (κ2) is 6.19. The van der Waals surface area contributed by atoms with Gasteiger partial charge in [0.15, 0.2) is 0 Å². The van der Waals surface area contributed by atoms with E-state index in [1.54, 1.807) is 0 Å². The van der Waals surface area contributed by atoms with E-state index < -0.39 is 0 Å². The Labute approximate surface area is 107 Å². The molecule has 0 aromatic heterocycles. The number of carbonyl (C=O) groups is 1. The SMILES string of the molecule is NC(=[NH+]OC(=O)C1CCCCC1)c1ccccc1. The normalized spacial score (nSPS) is 17.4. The predicted molar refractivity (Wildman–Crippen MR) is 68.4 cm³/mol. The van der Waals surface area contributed by atoms with E-state index in [0.717, 1.165) is 31.2 Å². The Morgan fingerprint density at radius 2 is 1.83 bits per heavy atom. The lowest BCUT2D eigenvalue weighted by atomic mass is 9.89. The van der Waals surface area contributed by atoms with Crippen LogP contribution in [-0.4, -0.2) is 11.8 Å². The van der Waals surface area contributed by atoms with Gasteiger partial charge < -0.3 is 0 Å². The Bertz CT molecular complexity index is 423. The summed E-state index contributed by atoms with van der Waals surface area (Å²) in [4.78, 5) is 16.8. The van der Waals surface area contributed by atoms with Crippen LogP contribution in [0.3, 0.4) is 0 Å². The summed E-state index contributed by atoms with van der Waals surface area (Å²) in [6.45, 7) is 0. The zero-order chi connectivity index (χ0) is 12.8. The highest BCUT2D eigenvalue weighted by atomic mass is 16.7. The van der Waals surface area contributed by atoms with Gasteiger partial charge in [-0.25, -0.2) is 4.79 Å². The Morgan fingerprint density at radius 1 is 1.17 bits per heavy atom. The molecular formula is C14H19N2O2+. The van der Waals surface area contributed by atoms with Gasteiger partial charge in [0.2, 0.25) is 0 Å². The first-order valence-corrected chi connectivity index (χ1v) is 6.42. The van der Waals surface area contributed by atoms with Crippen molar-refractivity contribution >= 4 is 11.8 Å². The second-order valence-electron chi connectivity index (χ2n) is 4.64. The van der Waals surface area contributed by atoms with Gasteiger partial charge in [0.25, 0.3) is 0 Å². The average molecular weight is 247 g/mol. The number of nitrogens with one attached hydrogen (secondary N) is 1. The van der Waals surface area contributed by atoms with Crippen molar-refractivity contribution in [1.29, 1.82) is 0 Å². The summed E-state index contributed by atoms with van der Waals surface area (Å²) in [5.41, 5.74) is 6.62. The molecule has 1 aromatic rings. The molecule has 96 valence electrons. The Kier molecular flexibility index (Phi) is 4.34. The molecule has 4 nitrogen and oxygen atoms in total. The standard InChI is InChI=1S/C14H18N2O2/c15-13(11-7-3-1-4-8-11)16-18-14(17)12-9-5-2-6-10-12/h1,3-4,7-8,12H,2,5-6,9-10H2,(H2,15,16)/p+1.